The monoisotopic (exact) mass is 324 g/mol. The zero-order valence-electron chi connectivity index (χ0n) is 12.3. The van der Waals surface area contributed by atoms with Gasteiger partial charge in [-0.2, -0.15) is 0 Å². The van der Waals surface area contributed by atoms with E-state index in [2.05, 4.69) is 5.32 Å². The maximum atomic E-state index is 12.1. The van der Waals surface area contributed by atoms with E-state index < -0.39 is 22.7 Å². The maximum Gasteiger partial charge on any atom is 0.293 e. The van der Waals surface area contributed by atoms with Crippen LogP contribution in [0.4, 0.5) is 5.69 Å². The first kappa shape index (κ1) is 15.4. The van der Waals surface area contributed by atoms with Crippen molar-refractivity contribution >= 4 is 23.1 Å². The van der Waals surface area contributed by atoms with Gasteiger partial charge in [0.1, 0.15) is 5.76 Å². The zero-order valence-corrected chi connectivity index (χ0v) is 12.3. The highest BCUT2D eigenvalue weighted by molar-refractivity contribution is 6.46. The summed E-state index contributed by atoms with van der Waals surface area (Å²) in [5.41, 5.74) is 0.703. The first-order valence-corrected chi connectivity index (χ1v) is 7.07. The van der Waals surface area contributed by atoms with Crippen molar-refractivity contribution in [1.82, 2.24) is 5.32 Å². The van der Waals surface area contributed by atoms with Crippen LogP contribution in [0.25, 0.3) is 5.76 Å². The molecule has 1 aliphatic rings. The van der Waals surface area contributed by atoms with Gasteiger partial charge in [0, 0.05) is 17.7 Å². The Morgan fingerprint density at radius 1 is 1.04 bits per heavy atom. The van der Waals surface area contributed by atoms with Crippen LogP contribution in [0.2, 0.25) is 0 Å². The molecule has 1 fully saturated rings. The number of amides is 1. The molecule has 0 aromatic heterocycles. The van der Waals surface area contributed by atoms with Crippen molar-refractivity contribution in [3.05, 3.63) is 81.4 Å². The van der Waals surface area contributed by atoms with Crippen LogP contribution in [0.15, 0.2) is 60.2 Å². The van der Waals surface area contributed by atoms with Crippen LogP contribution < -0.4 is 5.32 Å². The number of nitro groups is 1. The molecule has 2 N–H and O–H groups in total. The fraction of sp³-hybridized carbons (Fsp3) is 0.0588. The number of nitrogens with one attached hydrogen (secondary N) is 1. The molecule has 1 unspecified atom stereocenters. The molecule has 7 nitrogen and oxygen atoms in total. The van der Waals surface area contributed by atoms with Crippen molar-refractivity contribution < 1.29 is 19.6 Å². The molecule has 0 bridgehead atoms. The third kappa shape index (κ3) is 2.63. The molecule has 2 aromatic rings. The minimum Gasteiger partial charge on any atom is -0.507 e. The summed E-state index contributed by atoms with van der Waals surface area (Å²) >= 11 is 0. The minimum absolute atomic E-state index is 0.0694. The molecule has 1 saturated heterocycles. The number of nitro benzene ring substituents is 1. The van der Waals surface area contributed by atoms with Crippen molar-refractivity contribution in [2.24, 2.45) is 0 Å². The number of nitrogens with zero attached hydrogens (tertiary/aromatic N) is 1. The highest BCUT2D eigenvalue weighted by atomic mass is 16.6. The van der Waals surface area contributed by atoms with Gasteiger partial charge in [-0.05, 0) is 17.7 Å². The van der Waals surface area contributed by atoms with Crippen LogP contribution in [0.1, 0.15) is 17.2 Å². The van der Waals surface area contributed by atoms with E-state index in [4.69, 9.17) is 0 Å². The third-order valence-electron chi connectivity index (χ3n) is 3.75. The molecule has 120 valence electrons. The lowest BCUT2D eigenvalue weighted by molar-refractivity contribution is -0.384. The van der Waals surface area contributed by atoms with Gasteiger partial charge in [0.15, 0.2) is 0 Å². The topological polar surface area (TPSA) is 110 Å². The van der Waals surface area contributed by atoms with E-state index in [0.717, 1.165) is 0 Å². The zero-order chi connectivity index (χ0) is 17.3. The first-order chi connectivity index (χ1) is 11.5. The predicted molar refractivity (Wildman–Crippen MR) is 85.0 cm³/mol. The molecule has 1 amide bonds. The summed E-state index contributed by atoms with van der Waals surface area (Å²) in [6.45, 7) is 0. The highest BCUT2D eigenvalue weighted by Gasteiger charge is 2.39. The molecular formula is C17H12N2O5. The molecule has 2 aromatic carbocycles. The maximum absolute atomic E-state index is 12.1. The van der Waals surface area contributed by atoms with Crippen LogP contribution in [-0.4, -0.2) is 21.7 Å². The Morgan fingerprint density at radius 2 is 1.67 bits per heavy atom. The Balaban J connectivity index is 2.07. The molecule has 0 spiro atoms. The minimum atomic E-state index is -0.856. The van der Waals surface area contributed by atoms with Crippen LogP contribution in [0.5, 0.6) is 0 Å². The Kier molecular flexibility index (Phi) is 3.83. The summed E-state index contributed by atoms with van der Waals surface area (Å²) in [4.78, 5) is 34.1. The Labute approximate surface area is 136 Å². The molecule has 1 atom stereocenters. The molecule has 0 saturated carbocycles. The van der Waals surface area contributed by atoms with Crippen molar-refractivity contribution in [2.45, 2.75) is 6.04 Å². The summed E-state index contributed by atoms with van der Waals surface area (Å²) in [7, 11) is 0. The lowest BCUT2D eigenvalue weighted by Gasteiger charge is -2.13. The van der Waals surface area contributed by atoms with E-state index in [1.807, 2.05) is 0 Å². The fourth-order valence-corrected chi connectivity index (χ4v) is 2.56. The van der Waals surface area contributed by atoms with Gasteiger partial charge in [-0.25, -0.2) is 0 Å². The van der Waals surface area contributed by atoms with Crippen molar-refractivity contribution in [3.63, 3.8) is 0 Å². The van der Waals surface area contributed by atoms with Crippen LogP contribution >= 0.6 is 0 Å². The summed E-state index contributed by atoms with van der Waals surface area (Å²) in [6, 6.07) is 13.0. The largest absolute Gasteiger partial charge is 0.507 e. The van der Waals surface area contributed by atoms with Gasteiger partial charge >= 0.3 is 0 Å². The summed E-state index contributed by atoms with van der Waals surface area (Å²) < 4.78 is 0. The number of aliphatic hydroxyl groups excluding tert-OH is 1. The van der Waals surface area contributed by atoms with E-state index in [1.54, 1.807) is 30.3 Å². The smallest absolute Gasteiger partial charge is 0.293 e. The molecule has 1 heterocycles. The highest BCUT2D eigenvalue weighted by Crippen LogP contribution is 2.33. The quantitative estimate of drug-likeness (QED) is 0.296. The predicted octanol–water partition coefficient (Wildman–Crippen LogP) is 2.30. The van der Waals surface area contributed by atoms with E-state index in [0.29, 0.717) is 11.1 Å². The van der Waals surface area contributed by atoms with Gasteiger partial charge in [0.2, 0.25) is 0 Å². The van der Waals surface area contributed by atoms with Gasteiger partial charge in [-0.3, -0.25) is 19.7 Å². The number of hydrogen-bond acceptors (Lipinski definition) is 5. The molecule has 3 rings (SSSR count). The lowest BCUT2D eigenvalue weighted by Crippen LogP contribution is -2.21. The first-order valence-electron chi connectivity index (χ1n) is 7.07. The third-order valence-corrected chi connectivity index (χ3v) is 3.75. The van der Waals surface area contributed by atoms with Crippen LogP contribution in [0, 0.1) is 10.1 Å². The summed E-state index contributed by atoms with van der Waals surface area (Å²) in [5.74, 6) is -1.93. The van der Waals surface area contributed by atoms with Crippen LogP contribution in [-0.2, 0) is 9.59 Å². The van der Waals surface area contributed by atoms with E-state index in [-0.39, 0.29) is 17.0 Å². The van der Waals surface area contributed by atoms with E-state index >= 15 is 0 Å². The van der Waals surface area contributed by atoms with Crippen molar-refractivity contribution in [3.8, 4) is 0 Å². The van der Waals surface area contributed by atoms with E-state index in [9.17, 15) is 24.8 Å². The number of ketones is 1. The van der Waals surface area contributed by atoms with Gasteiger partial charge < -0.3 is 10.4 Å². The number of Topliss-reactive ketones (excluding diaryl/α,β-unsaturated/α-hetero) is 1. The molecule has 24 heavy (non-hydrogen) atoms. The number of non-ortho nitro benzene ring substituents is 1. The second-order valence-electron chi connectivity index (χ2n) is 5.21. The molecule has 0 aliphatic carbocycles. The molecule has 0 radical (unpaired) electrons. The standard InChI is InChI=1S/C17H12N2O5/c20-15(11-4-2-1-3-5-11)13-14(18-17(22)16(13)21)10-6-8-12(9-7-10)19(23)24/h1-9,14,20H,(H,18,22)/b15-13+. The van der Waals surface area contributed by atoms with Gasteiger partial charge in [0.05, 0.1) is 16.5 Å². The summed E-state index contributed by atoms with van der Waals surface area (Å²) in [6.07, 6.45) is 0. The Morgan fingerprint density at radius 3 is 2.25 bits per heavy atom. The van der Waals surface area contributed by atoms with Crippen LogP contribution in [0.3, 0.4) is 0 Å². The van der Waals surface area contributed by atoms with Crippen molar-refractivity contribution in [1.29, 1.82) is 0 Å². The number of carbonyl (C=O) groups is 2. The normalized spacial score (nSPS) is 19.1. The molecular weight excluding hydrogens is 312 g/mol. The van der Waals surface area contributed by atoms with Gasteiger partial charge in [-0.15, -0.1) is 0 Å². The Bertz CT molecular complexity index is 856. The lowest BCUT2D eigenvalue weighted by atomic mass is 9.96. The average Bonchev–Trinajstić information content (AvgIpc) is 2.90. The SMILES string of the molecule is O=C1NC(c2ccc([N+](=O)[O-])cc2)/C(=C(\O)c2ccccc2)C1=O. The Hall–Kier alpha value is -3.48. The van der Waals surface area contributed by atoms with Crippen molar-refractivity contribution in [2.75, 3.05) is 0 Å². The second kappa shape index (κ2) is 5.96. The number of carbonyl (C=O) groups excluding carboxylic acids is 2. The summed E-state index contributed by atoms with van der Waals surface area (Å²) in [5, 5.41) is 23.7. The van der Waals surface area contributed by atoms with Gasteiger partial charge in [-0.1, -0.05) is 30.3 Å². The number of aliphatic hydroxyl groups is 1. The fourth-order valence-electron chi connectivity index (χ4n) is 2.56. The average molecular weight is 324 g/mol. The van der Waals surface area contributed by atoms with E-state index in [1.165, 1.54) is 24.3 Å². The van der Waals surface area contributed by atoms with Gasteiger partial charge in [0.25, 0.3) is 17.4 Å². The number of benzene rings is 2. The second-order valence-corrected chi connectivity index (χ2v) is 5.21. The molecule has 7 heteroatoms. The number of hydrogen-bond donors (Lipinski definition) is 2. The molecule has 1 aliphatic heterocycles. The number of rotatable bonds is 3.